The summed E-state index contributed by atoms with van der Waals surface area (Å²) >= 11 is 0. The highest BCUT2D eigenvalue weighted by Crippen LogP contribution is 2.36. The van der Waals surface area contributed by atoms with Crippen molar-refractivity contribution in [2.45, 2.75) is 32.5 Å². The maximum atomic E-state index is 13.4. The van der Waals surface area contributed by atoms with Gasteiger partial charge in [-0.05, 0) is 38.1 Å². The molecule has 1 amide bonds. The van der Waals surface area contributed by atoms with E-state index in [-0.39, 0.29) is 37.0 Å². The Kier molecular flexibility index (Phi) is 5.89. The third-order valence-electron chi connectivity index (χ3n) is 3.98. The molecule has 25 heavy (non-hydrogen) atoms. The molecular formula is C16H21F3N4O2. The van der Waals surface area contributed by atoms with Crippen molar-refractivity contribution in [1.82, 2.24) is 10.7 Å². The van der Waals surface area contributed by atoms with Crippen LogP contribution in [-0.2, 0) is 10.9 Å². The number of carbonyl (C=O) groups is 1. The highest BCUT2D eigenvalue weighted by atomic mass is 19.4. The highest BCUT2D eigenvalue weighted by molar-refractivity contribution is 6.04. The lowest BCUT2D eigenvalue weighted by Gasteiger charge is -2.26. The van der Waals surface area contributed by atoms with Crippen LogP contribution in [0.1, 0.15) is 31.4 Å². The molecular weight excluding hydrogens is 337 g/mol. The SMILES string of the molecule is C.O=C1NN=C(c2ccc(NC3CCNCC3)c(C(F)(F)F)c2)CO1. The van der Waals surface area contributed by atoms with Crippen LogP contribution in [0, 0.1) is 0 Å². The van der Waals surface area contributed by atoms with Gasteiger partial charge in [0.1, 0.15) is 12.3 Å². The van der Waals surface area contributed by atoms with E-state index in [1.807, 2.05) is 0 Å². The predicted octanol–water partition coefficient (Wildman–Crippen LogP) is 2.95. The molecule has 0 radical (unpaired) electrons. The number of rotatable bonds is 3. The van der Waals surface area contributed by atoms with Gasteiger partial charge >= 0.3 is 12.3 Å². The molecule has 0 bridgehead atoms. The average Bonchev–Trinajstić information content (AvgIpc) is 2.56. The standard InChI is InChI=1S/C15H17F3N4O2.CH4/c16-15(17,18)11-7-9(13-8-24-14(23)22-21-13)1-2-12(11)20-10-3-5-19-6-4-10;/h1-2,7,10,19-20H,3-6,8H2,(H,22,23);1H4. The number of piperidine rings is 1. The molecule has 0 atom stereocenters. The van der Waals surface area contributed by atoms with Crippen molar-refractivity contribution in [1.29, 1.82) is 0 Å². The first kappa shape index (κ1) is 19.0. The Morgan fingerprint density at radius 1 is 1.24 bits per heavy atom. The summed E-state index contributed by atoms with van der Waals surface area (Å²) in [5.41, 5.74) is 1.90. The van der Waals surface area contributed by atoms with Crippen LogP contribution in [0.3, 0.4) is 0 Å². The van der Waals surface area contributed by atoms with E-state index >= 15 is 0 Å². The van der Waals surface area contributed by atoms with Gasteiger partial charge in [0.2, 0.25) is 0 Å². The van der Waals surface area contributed by atoms with Crippen molar-refractivity contribution in [3.8, 4) is 0 Å². The minimum Gasteiger partial charge on any atom is -0.442 e. The number of cyclic esters (lactones) is 1. The quantitative estimate of drug-likeness (QED) is 0.777. The van der Waals surface area contributed by atoms with Crippen LogP contribution < -0.4 is 16.1 Å². The molecule has 2 heterocycles. The van der Waals surface area contributed by atoms with Gasteiger partial charge in [-0.25, -0.2) is 10.2 Å². The number of amides is 1. The lowest BCUT2D eigenvalue weighted by atomic mass is 10.0. The van der Waals surface area contributed by atoms with Crippen molar-refractivity contribution in [3.05, 3.63) is 29.3 Å². The zero-order valence-corrected chi connectivity index (χ0v) is 12.7. The lowest BCUT2D eigenvalue weighted by molar-refractivity contribution is -0.137. The second-order valence-electron chi connectivity index (χ2n) is 5.67. The zero-order chi connectivity index (χ0) is 17.2. The van der Waals surface area contributed by atoms with Crippen LogP contribution >= 0.6 is 0 Å². The largest absolute Gasteiger partial charge is 0.442 e. The normalized spacial score (nSPS) is 18.5. The average molecular weight is 358 g/mol. The van der Waals surface area contributed by atoms with E-state index in [4.69, 9.17) is 4.74 Å². The molecule has 1 fully saturated rings. The summed E-state index contributed by atoms with van der Waals surface area (Å²) in [5, 5.41) is 9.91. The minimum absolute atomic E-state index is 0. The van der Waals surface area contributed by atoms with E-state index in [0.29, 0.717) is 0 Å². The molecule has 1 saturated heterocycles. The van der Waals surface area contributed by atoms with Gasteiger partial charge in [-0.15, -0.1) is 0 Å². The number of carbonyl (C=O) groups excluding carboxylic acids is 1. The van der Waals surface area contributed by atoms with E-state index in [2.05, 4.69) is 21.2 Å². The summed E-state index contributed by atoms with van der Waals surface area (Å²) in [6, 6.07) is 3.98. The van der Waals surface area contributed by atoms with Crippen molar-refractivity contribution >= 4 is 17.5 Å². The van der Waals surface area contributed by atoms with Crippen molar-refractivity contribution < 1.29 is 22.7 Å². The van der Waals surface area contributed by atoms with E-state index in [1.54, 1.807) is 0 Å². The van der Waals surface area contributed by atoms with Gasteiger partial charge < -0.3 is 15.4 Å². The van der Waals surface area contributed by atoms with Crippen LogP contribution in [0.2, 0.25) is 0 Å². The molecule has 138 valence electrons. The summed E-state index contributed by atoms with van der Waals surface area (Å²) < 4.78 is 45.0. The third kappa shape index (κ3) is 4.62. The van der Waals surface area contributed by atoms with E-state index in [9.17, 15) is 18.0 Å². The second kappa shape index (κ2) is 7.73. The molecule has 3 rings (SSSR count). The minimum atomic E-state index is -4.50. The van der Waals surface area contributed by atoms with Crippen LogP contribution in [0.5, 0.6) is 0 Å². The summed E-state index contributed by atoms with van der Waals surface area (Å²) in [6.45, 7) is 1.40. The molecule has 0 aliphatic carbocycles. The molecule has 1 aromatic rings. The predicted molar refractivity (Wildman–Crippen MR) is 88.7 cm³/mol. The molecule has 0 saturated carbocycles. The van der Waals surface area contributed by atoms with Crippen molar-refractivity contribution in [2.24, 2.45) is 5.10 Å². The summed E-state index contributed by atoms with van der Waals surface area (Å²) in [7, 11) is 0. The molecule has 2 aliphatic rings. The monoisotopic (exact) mass is 358 g/mol. The summed E-state index contributed by atoms with van der Waals surface area (Å²) in [5.74, 6) is 0. The fourth-order valence-corrected chi connectivity index (χ4v) is 2.73. The lowest BCUT2D eigenvalue weighted by Crippen LogP contribution is -2.35. The number of alkyl halides is 3. The Morgan fingerprint density at radius 2 is 1.96 bits per heavy atom. The Hall–Kier alpha value is -2.29. The van der Waals surface area contributed by atoms with Crippen LogP contribution in [0.15, 0.2) is 23.3 Å². The number of nitrogens with one attached hydrogen (secondary N) is 3. The first-order valence-electron chi connectivity index (χ1n) is 7.61. The second-order valence-corrected chi connectivity index (χ2v) is 5.67. The van der Waals surface area contributed by atoms with Gasteiger partial charge in [-0.1, -0.05) is 13.5 Å². The van der Waals surface area contributed by atoms with Crippen molar-refractivity contribution in [2.75, 3.05) is 25.0 Å². The van der Waals surface area contributed by atoms with Crippen LogP contribution in [-0.4, -0.2) is 37.5 Å². The topological polar surface area (TPSA) is 74.8 Å². The fraction of sp³-hybridized carbons (Fsp3) is 0.500. The molecule has 0 aromatic heterocycles. The maximum absolute atomic E-state index is 13.4. The molecule has 3 N–H and O–H groups in total. The molecule has 0 unspecified atom stereocenters. The number of nitrogens with zero attached hydrogens (tertiary/aromatic N) is 1. The molecule has 0 spiro atoms. The smallest absolute Gasteiger partial charge is 0.428 e. The number of hydrogen-bond acceptors (Lipinski definition) is 5. The molecule has 2 aliphatic heterocycles. The molecule has 1 aromatic carbocycles. The number of benzene rings is 1. The van der Waals surface area contributed by atoms with E-state index in [1.165, 1.54) is 12.1 Å². The Bertz CT molecular complexity index is 655. The van der Waals surface area contributed by atoms with Gasteiger partial charge in [-0.3, -0.25) is 0 Å². The number of hydrogen-bond donors (Lipinski definition) is 3. The van der Waals surface area contributed by atoms with Gasteiger partial charge in [0.25, 0.3) is 0 Å². The third-order valence-corrected chi connectivity index (χ3v) is 3.98. The van der Waals surface area contributed by atoms with Crippen LogP contribution in [0.4, 0.5) is 23.7 Å². The van der Waals surface area contributed by atoms with Crippen LogP contribution in [0.25, 0.3) is 0 Å². The van der Waals surface area contributed by atoms with E-state index < -0.39 is 17.8 Å². The first-order valence-corrected chi connectivity index (χ1v) is 7.61. The Morgan fingerprint density at radius 3 is 2.56 bits per heavy atom. The number of halogens is 3. The van der Waals surface area contributed by atoms with Gasteiger partial charge in [0.05, 0.1) is 5.56 Å². The summed E-state index contributed by atoms with van der Waals surface area (Å²) in [4.78, 5) is 10.9. The first-order chi connectivity index (χ1) is 11.4. The molecule has 6 nitrogen and oxygen atoms in total. The van der Waals surface area contributed by atoms with Gasteiger partial charge in [0.15, 0.2) is 0 Å². The van der Waals surface area contributed by atoms with Gasteiger partial charge in [0, 0.05) is 17.3 Å². The maximum Gasteiger partial charge on any atom is 0.428 e. The number of anilines is 1. The number of hydrazone groups is 1. The van der Waals surface area contributed by atoms with Gasteiger partial charge in [-0.2, -0.15) is 18.3 Å². The number of ether oxygens (including phenoxy) is 1. The Balaban J connectivity index is 0.00000225. The summed E-state index contributed by atoms with van der Waals surface area (Å²) in [6.07, 6.45) is -3.68. The Labute approximate surface area is 143 Å². The van der Waals surface area contributed by atoms with Crippen molar-refractivity contribution in [3.63, 3.8) is 0 Å². The van der Waals surface area contributed by atoms with E-state index in [0.717, 1.165) is 32.0 Å². The highest BCUT2D eigenvalue weighted by Gasteiger charge is 2.35. The fourth-order valence-electron chi connectivity index (χ4n) is 2.73. The zero-order valence-electron chi connectivity index (χ0n) is 12.7. The molecule has 9 heteroatoms.